The highest BCUT2D eigenvalue weighted by Gasteiger charge is 2.24. The van der Waals surface area contributed by atoms with Gasteiger partial charge in [-0.1, -0.05) is 6.07 Å². The minimum atomic E-state index is 0.189. The predicted molar refractivity (Wildman–Crippen MR) is 126 cm³/mol. The molecular formula is C24H28N8. The summed E-state index contributed by atoms with van der Waals surface area (Å²) >= 11 is 0. The maximum atomic E-state index is 4.98. The van der Waals surface area contributed by atoms with Crippen LogP contribution in [0.3, 0.4) is 0 Å². The molecule has 0 N–H and O–H groups in total. The number of hydrogen-bond donors (Lipinski definition) is 0. The molecule has 4 aromatic heterocycles. The molecule has 32 heavy (non-hydrogen) atoms. The zero-order chi connectivity index (χ0) is 22.1. The van der Waals surface area contributed by atoms with Gasteiger partial charge in [-0.05, 0) is 45.4 Å². The van der Waals surface area contributed by atoms with E-state index in [4.69, 9.17) is 4.98 Å². The molecule has 0 unspecified atom stereocenters. The number of hydrogen-bond acceptors (Lipinski definition) is 7. The Hall–Kier alpha value is -3.39. The minimum absolute atomic E-state index is 0.189. The van der Waals surface area contributed by atoms with Crippen LogP contribution in [-0.4, -0.2) is 66.3 Å². The van der Waals surface area contributed by atoms with E-state index in [-0.39, 0.29) is 5.54 Å². The molecule has 5 rings (SSSR count). The van der Waals surface area contributed by atoms with Crippen molar-refractivity contribution in [1.29, 1.82) is 0 Å². The molecule has 4 aromatic rings. The van der Waals surface area contributed by atoms with Crippen molar-refractivity contribution in [2.24, 2.45) is 0 Å². The van der Waals surface area contributed by atoms with Crippen LogP contribution < -0.4 is 4.90 Å². The molecule has 0 bridgehead atoms. The lowest BCUT2D eigenvalue weighted by Crippen LogP contribution is -2.43. The summed E-state index contributed by atoms with van der Waals surface area (Å²) in [5, 5.41) is 5.57. The second-order valence-corrected chi connectivity index (χ2v) is 9.16. The van der Waals surface area contributed by atoms with E-state index < -0.39 is 0 Å². The molecule has 0 amide bonds. The van der Waals surface area contributed by atoms with Gasteiger partial charge in [0.15, 0.2) is 5.82 Å². The van der Waals surface area contributed by atoms with E-state index in [1.807, 2.05) is 29.2 Å². The lowest BCUT2D eigenvalue weighted by atomic mass is 10.1. The summed E-state index contributed by atoms with van der Waals surface area (Å²) in [5.74, 6) is 1.79. The summed E-state index contributed by atoms with van der Waals surface area (Å²) in [6.07, 6.45) is 9.84. The first kappa shape index (κ1) is 20.5. The number of pyridine rings is 2. The van der Waals surface area contributed by atoms with Crippen molar-refractivity contribution in [2.75, 3.05) is 31.1 Å². The van der Waals surface area contributed by atoms with E-state index in [1.165, 1.54) is 6.33 Å². The third kappa shape index (κ3) is 4.05. The van der Waals surface area contributed by atoms with Crippen LogP contribution in [0, 0.1) is 0 Å². The van der Waals surface area contributed by atoms with Crippen LogP contribution in [0.15, 0.2) is 55.4 Å². The van der Waals surface area contributed by atoms with Crippen molar-refractivity contribution in [3.05, 3.63) is 55.4 Å². The van der Waals surface area contributed by atoms with Crippen LogP contribution >= 0.6 is 0 Å². The van der Waals surface area contributed by atoms with E-state index >= 15 is 0 Å². The van der Waals surface area contributed by atoms with Crippen molar-refractivity contribution < 1.29 is 0 Å². The Morgan fingerprint density at radius 2 is 1.69 bits per heavy atom. The molecule has 8 nitrogen and oxygen atoms in total. The summed E-state index contributed by atoms with van der Waals surface area (Å²) in [5.41, 5.74) is 2.83. The van der Waals surface area contributed by atoms with E-state index in [0.717, 1.165) is 66.4 Å². The SMILES string of the molecule is CC(C)(C)N1CCCN(c2cccc(-n3ncc4cnc(-c5cncnc5)cc43)n2)CC1. The zero-order valence-corrected chi connectivity index (χ0v) is 18.8. The van der Waals surface area contributed by atoms with E-state index in [2.05, 4.69) is 62.8 Å². The maximum Gasteiger partial charge on any atom is 0.156 e. The number of aromatic nitrogens is 6. The Morgan fingerprint density at radius 1 is 0.875 bits per heavy atom. The smallest absolute Gasteiger partial charge is 0.156 e. The summed E-state index contributed by atoms with van der Waals surface area (Å²) in [4.78, 5) is 22.7. The molecule has 0 atom stereocenters. The number of anilines is 1. The van der Waals surface area contributed by atoms with Crippen LogP contribution in [0.25, 0.3) is 28.0 Å². The minimum Gasteiger partial charge on any atom is -0.355 e. The van der Waals surface area contributed by atoms with Crippen molar-refractivity contribution in [1.82, 2.24) is 34.6 Å². The largest absolute Gasteiger partial charge is 0.355 e. The van der Waals surface area contributed by atoms with Gasteiger partial charge < -0.3 is 4.90 Å². The molecular weight excluding hydrogens is 400 g/mol. The quantitative estimate of drug-likeness (QED) is 0.494. The summed E-state index contributed by atoms with van der Waals surface area (Å²) in [6, 6.07) is 8.17. The molecule has 8 heteroatoms. The molecule has 164 valence electrons. The molecule has 0 aromatic carbocycles. The Balaban J connectivity index is 1.46. The first-order chi connectivity index (χ1) is 15.5. The van der Waals surface area contributed by atoms with Crippen molar-refractivity contribution in [3.8, 4) is 17.1 Å². The Bertz CT molecular complexity index is 1210. The number of nitrogens with zero attached hydrogens (tertiary/aromatic N) is 8. The average Bonchev–Trinajstić information content (AvgIpc) is 3.05. The molecule has 0 radical (unpaired) electrons. The van der Waals surface area contributed by atoms with Crippen molar-refractivity contribution in [2.45, 2.75) is 32.7 Å². The topological polar surface area (TPSA) is 75.9 Å². The van der Waals surface area contributed by atoms with Gasteiger partial charge in [0.2, 0.25) is 0 Å². The normalized spacial score (nSPS) is 15.8. The third-order valence-corrected chi connectivity index (χ3v) is 6.01. The van der Waals surface area contributed by atoms with Crippen LogP contribution in [0.1, 0.15) is 27.2 Å². The molecule has 5 heterocycles. The lowest BCUT2D eigenvalue weighted by molar-refractivity contribution is 0.148. The highest BCUT2D eigenvalue weighted by molar-refractivity contribution is 5.82. The Labute approximate surface area is 188 Å². The molecule has 1 fully saturated rings. The summed E-state index contributed by atoms with van der Waals surface area (Å²) < 4.78 is 1.88. The fourth-order valence-electron chi connectivity index (χ4n) is 4.22. The highest BCUT2D eigenvalue weighted by atomic mass is 15.3. The molecule has 0 aliphatic carbocycles. The predicted octanol–water partition coefficient (Wildman–Crippen LogP) is 3.58. The van der Waals surface area contributed by atoms with Gasteiger partial charge in [0, 0.05) is 61.3 Å². The number of fused-ring (bicyclic) bond motifs is 1. The van der Waals surface area contributed by atoms with Crippen molar-refractivity contribution >= 4 is 16.7 Å². The Kier molecular flexibility index (Phi) is 5.30. The fourth-order valence-corrected chi connectivity index (χ4v) is 4.22. The van der Waals surface area contributed by atoms with Gasteiger partial charge in [0.1, 0.15) is 12.1 Å². The summed E-state index contributed by atoms with van der Waals surface area (Å²) in [7, 11) is 0. The summed E-state index contributed by atoms with van der Waals surface area (Å²) in [6.45, 7) is 11.0. The van der Waals surface area contributed by atoms with Gasteiger partial charge in [0.25, 0.3) is 0 Å². The van der Waals surface area contributed by atoms with E-state index in [9.17, 15) is 0 Å². The molecule has 1 aliphatic heterocycles. The molecule has 0 saturated carbocycles. The fraction of sp³-hybridized carbons (Fsp3) is 0.375. The van der Waals surface area contributed by atoms with Gasteiger partial charge >= 0.3 is 0 Å². The van der Waals surface area contributed by atoms with Gasteiger partial charge in [-0.15, -0.1) is 0 Å². The van der Waals surface area contributed by atoms with Crippen LogP contribution in [0.4, 0.5) is 5.82 Å². The first-order valence-electron chi connectivity index (χ1n) is 11.1. The second kappa shape index (κ2) is 8.27. The molecule has 1 saturated heterocycles. The standard InChI is InChI=1S/C24H28N8/c1-24(2,3)31-9-5-8-30(10-11-31)22-6-4-7-23(29-22)32-21-12-20(18-13-25-17-26-14-18)27-15-19(21)16-28-32/h4,6-7,12-17H,5,8-11H2,1-3H3. The van der Waals surface area contributed by atoms with Crippen LogP contribution in [-0.2, 0) is 0 Å². The molecule has 0 spiro atoms. The second-order valence-electron chi connectivity index (χ2n) is 9.16. The van der Waals surface area contributed by atoms with Gasteiger partial charge in [0.05, 0.1) is 17.4 Å². The highest BCUT2D eigenvalue weighted by Crippen LogP contribution is 2.24. The van der Waals surface area contributed by atoms with Crippen molar-refractivity contribution in [3.63, 3.8) is 0 Å². The zero-order valence-electron chi connectivity index (χ0n) is 18.8. The van der Waals surface area contributed by atoms with Crippen LogP contribution in [0.5, 0.6) is 0 Å². The van der Waals surface area contributed by atoms with E-state index in [1.54, 1.807) is 12.4 Å². The third-order valence-electron chi connectivity index (χ3n) is 6.01. The first-order valence-corrected chi connectivity index (χ1v) is 11.1. The van der Waals surface area contributed by atoms with Gasteiger partial charge in [-0.3, -0.25) is 9.88 Å². The number of rotatable bonds is 3. The average molecular weight is 429 g/mol. The molecule has 1 aliphatic rings. The van der Waals surface area contributed by atoms with E-state index in [0.29, 0.717) is 0 Å². The Morgan fingerprint density at radius 3 is 2.50 bits per heavy atom. The van der Waals surface area contributed by atoms with Crippen LogP contribution in [0.2, 0.25) is 0 Å². The monoisotopic (exact) mass is 428 g/mol. The van der Waals surface area contributed by atoms with Gasteiger partial charge in [-0.25, -0.2) is 19.6 Å². The maximum absolute atomic E-state index is 4.98. The lowest BCUT2D eigenvalue weighted by Gasteiger charge is -2.34. The van der Waals surface area contributed by atoms with Gasteiger partial charge in [-0.2, -0.15) is 5.10 Å².